The van der Waals surface area contributed by atoms with Gasteiger partial charge in [0.1, 0.15) is 0 Å². The van der Waals surface area contributed by atoms with Gasteiger partial charge in [0.05, 0.1) is 5.56 Å². The number of carbonyl (C=O) groups excluding carboxylic acids is 1. The second-order valence-electron chi connectivity index (χ2n) is 5.92. The number of hydrogen-bond donors (Lipinski definition) is 2. The summed E-state index contributed by atoms with van der Waals surface area (Å²) in [5.41, 5.74) is 1.56. The highest BCUT2D eigenvalue weighted by Gasteiger charge is 2.39. The van der Waals surface area contributed by atoms with Crippen LogP contribution < -0.4 is 10.6 Å². The van der Waals surface area contributed by atoms with Crippen molar-refractivity contribution >= 4 is 11.6 Å². The van der Waals surface area contributed by atoms with Crippen molar-refractivity contribution < 1.29 is 4.79 Å². The second-order valence-corrected chi connectivity index (χ2v) is 5.92. The molecule has 2 rings (SSSR count). The molecular weight excluding hydrogens is 236 g/mol. The molecule has 3 nitrogen and oxygen atoms in total. The monoisotopic (exact) mass is 260 g/mol. The molecule has 19 heavy (non-hydrogen) atoms. The third kappa shape index (κ3) is 3.49. The summed E-state index contributed by atoms with van der Waals surface area (Å²) in [6.07, 6.45) is 3.50. The van der Waals surface area contributed by atoms with E-state index >= 15 is 0 Å². The van der Waals surface area contributed by atoms with Gasteiger partial charge in [-0.3, -0.25) is 4.79 Å². The molecule has 0 atom stereocenters. The fraction of sp³-hybridized carbons (Fsp3) is 0.562. The van der Waals surface area contributed by atoms with E-state index in [2.05, 4.69) is 31.4 Å². The average molecular weight is 260 g/mol. The lowest BCUT2D eigenvalue weighted by Gasteiger charge is -2.26. The molecule has 0 spiro atoms. The van der Waals surface area contributed by atoms with E-state index in [-0.39, 0.29) is 11.4 Å². The maximum atomic E-state index is 12.4. The fourth-order valence-corrected chi connectivity index (χ4v) is 2.36. The molecule has 0 bridgehead atoms. The minimum absolute atomic E-state index is 0.0242. The highest BCUT2D eigenvalue weighted by Crippen LogP contribution is 2.39. The highest BCUT2D eigenvalue weighted by molar-refractivity contribution is 6.00. The van der Waals surface area contributed by atoms with Crippen molar-refractivity contribution in [2.75, 3.05) is 11.9 Å². The molecule has 1 aliphatic rings. The Bertz CT molecular complexity index is 450. The molecule has 0 aromatic heterocycles. The van der Waals surface area contributed by atoms with Crippen molar-refractivity contribution in [3.8, 4) is 0 Å². The summed E-state index contributed by atoms with van der Waals surface area (Å²) in [4.78, 5) is 12.4. The van der Waals surface area contributed by atoms with Crippen LogP contribution >= 0.6 is 0 Å². The third-order valence-corrected chi connectivity index (χ3v) is 3.77. The summed E-state index contributed by atoms with van der Waals surface area (Å²) in [6.45, 7) is 7.23. The normalized spacial score (nSPS) is 15.1. The molecule has 1 saturated carbocycles. The van der Waals surface area contributed by atoms with Gasteiger partial charge in [-0.2, -0.15) is 0 Å². The van der Waals surface area contributed by atoms with E-state index in [1.54, 1.807) is 0 Å². The molecule has 3 heteroatoms. The molecule has 0 radical (unpaired) electrons. The van der Waals surface area contributed by atoms with Crippen LogP contribution in [0.3, 0.4) is 0 Å². The molecule has 0 unspecified atom stereocenters. The molecule has 0 saturated heterocycles. The number of para-hydroxylation sites is 1. The molecule has 1 fully saturated rings. The van der Waals surface area contributed by atoms with Gasteiger partial charge < -0.3 is 10.6 Å². The summed E-state index contributed by atoms with van der Waals surface area (Å²) in [6, 6.07) is 7.72. The summed E-state index contributed by atoms with van der Waals surface area (Å²) < 4.78 is 0. The Balaban J connectivity index is 2.09. The van der Waals surface area contributed by atoms with Crippen molar-refractivity contribution in [3.63, 3.8) is 0 Å². The molecule has 1 aromatic rings. The number of rotatable bonds is 6. The van der Waals surface area contributed by atoms with Crippen LogP contribution in [-0.4, -0.2) is 18.0 Å². The fourth-order valence-electron chi connectivity index (χ4n) is 2.36. The predicted molar refractivity (Wildman–Crippen MR) is 79.5 cm³/mol. The van der Waals surface area contributed by atoms with Crippen molar-refractivity contribution in [2.45, 2.75) is 45.6 Å². The van der Waals surface area contributed by atoms with Gasteiger partial charge in [0.25, 0.3) is 5.91 Å². The predicted octanol–water partition coefficient (Wildman–Crippen LogP) is 3.43. The first-order valence-corrected chi connectivity index (χ1v) is 7.20. The van der Waals surface area contributed by atoms with Gasteiger partial charge in [0.15, 0.2) is 0 Å². The van der Waals surface area contributed by atoms with Gasteiger partial charge in [0.2, 0.25) is 0 Å². The van der Waals surface area contributed by atoms with Gasteiger partial charge in [-0.25, -0.2) is 0 Å². The molecule has 1 aliphatic carbocycles. The lowest BCUT2D eigenvalue weighted by atomic mass is 9.98. The SMILES string of the molecule is CCCNc1ccccc1C(=O)NC(C)(C)C1CC1. The van der Waals surface area contributed by atoms with E-state index in [1.165, 1.54) is 12.8 Å². The number of hydrogen-bond acceptors (Lipinski definition) is 2. The van der Waals surface area contributed by atoms with E-state index in [4.69, 9.17) is 0 Å². The minimum atomic E-state index is -0.102. The number of anilines is 1. The van der Waals surface area contributed by atoms with E-state index < -0.39 is 0 Å². The number of benzene rings is 1. The third-order valence-electron chi connectivity index (χ3n) is 3.77. The summed E-state index contributed by atoms with van der Waals surface area (Å²) in [7, 11) is 0. The van der Waals surface area contributed by atoms with Crippen LogP contribution in [0.2, 0.25) is 0 Å². The van der Waals surface area contributed by atoms with Crippen molar-refractivity contribution in [1.82, 2.24) is 5.32 Å². The van der Waals surface area contributed by atoms with Crippen LogP contribution in [0.25, 0.3) is 0 Å². The Kier molecular flexibility index (Phi) is 4.13. The first kappa shape index (κ1) is 13.9. The molecule has 0 aliphatic heterocycles. The van der Waals surface area contributed by atoms with E-state index in [0.717, 1.165) is 24.2 Å². The topological polar surface area (TPSA) is 41.1 Å². The average Bonchev–Trinajstić information content (AvgIpc) is 3.20. The van der Waals surface area contributed by atoms with Gasteiger partial charge >= 0.3 is 0 Å². The number of amides is 1. The lowest BCUT2D eigenvalue weighted by Crippen LogP contribution is -2.45. The number of carbonyl (C=O) groups is 1. The Morgan fingerprint density at radius 3 is 2.63 bits per heavy atom. The van der Waals surface area contributed by atoms with Crippen LogP contribution in [0.5, 0.6) is 0 Å². The van der Waals surface area contributed by atoms with Crippen LogP contribution in [-0.2, 0) is 0 Å². The summed E-state index contributed by atoms with van der Waals surface area (Å²) >= 11 is 0. The quantitative estimate of drug-likeness (QED) is 0.822. The van der Waals surface area contributed by atoms with Crippen LogP contribution in [0.4, 0.5) is 5.69 Å². The van der Waals surface area contributed by atoms with E-state index in [1.807, 2.05) is 24.3 Å². The van der Waals surface area contributed by atoms with E-state index in [0.29, 0.717) is 5.92 Å². The highest BCUT2D eigenvalue weighted by atomic mass is 16.1. The standard InChI is InChI=1S/C16H24N2O/c1-4-11-17-14-8-6-5-7-13(14)15(19)18-16(2,3)12-9-10-12/h5-8,12,17H,4,9-11H2,1-3H3,(H,18,19). The zero-order valence-corrected chi connectivity index (χ0v) is 12.1. The Morgan fingerprint density at radius 1 is 1.32 bits per heavy atom. The van der Waals surface area contributed by atoms with Gasteiger partial charge in [0, 0.05) is 17.8 Å². The van der Waals surface area contributed by atoms with Gasteiger partial charge in [-0.05, 0) is 51.2 Å². The molecular formula is C16H24N2O. The smallest absolute Gasteiger partial charge is 0.253 e. The van der Waals surface area contributed by atoms with Crippen LogP contribution in [0, 0.1) is 5.92 Å². The second kappa shape index (κ2) is 5.64. The number of nitrogens with one attached hydrogen (secondary N) is 2. The van der Waals surface area contributed by atoms with Crippen molar-refractivity contribution in [1.29, 1.82) is 0 Å². The van der Waals surface area contributed by atoms with Gasteiger partial charge in [-0.15, -0.1) is 0 Å². The van der Waals surface area contributed by atoms with Gasteiger partial charge in [-0.1, -0.05) is 19.1 Å². The Hall–Kier alpha value is -1.51. The summed E-state index contributed by atoms with van der Waals surface area (Å²) in [5.74, 6) is 0.656. The minimum Gasteiger partial charge on any atom is -0.384 e. The summed E-state index contributed by atoms with van der Waals surface area (Å²) in [5, 5.41) is 6.49. The molecule has 104 valence electrons. The zero-order valence-electron chi connectivity index (χ0n) is 12.1. The maximum Gasteiger partial charge on any atom is 0.253 e. The Labute approximate surface area is 115 Å². The zero-order chi connectivity index (χ0) is 13.9. The molecule has 2 N–H and O–H groups in total. The largest absolute Gasteiger partial charge is 0.384 e. The van der Waals surface area contributed by atoms with Crippen LogP contribution in [0.15, 0.2) is 24.3 Å². The first-order chi connectivity index (χ1) is 9.04. The maximum absolute atomic E-state index is 12.4. The first-order valence-electron chi connectivity index (χ1n) is 7.20. The lowest BCUT2D eigenvalue weighted by molar-refractivity contribution is 0.0904. The van der Waals surface area contributed by atoms with Crippen LogP contribution in [0.1, 0.15) is 50.4 Å². The van der Waals surface area contributed by atoms with Crippen molar-refractivity contribution in [3.05, 3.63) is 29.8 Å². The molecule has 1 amide bonds. The molecule has 0 heterocycles. The van der Waals surface area contributed by atoms with E-state index in [9.17, 15) is 4.79 Å². The Morgan fingerprint density at radius 2 is 2.00 bits per heavy atom. The van der Waals surface area contributed by atoms with Crippen molar-refractivity contribution in [2.24, 2.45) is 5.92 Å². The molecule has 1 aromatic carbocycles.